The lowest BCUT2D eigenvalue weighted by molar-refractivity contribution is -0.144. The van der Waals surface area contributed by atoms with Crippen LogP contribution in [-0.2, 0) is 14.3 Å². The van der Waals surface area contributed by atoms with Crippen LogP contribution in [0.1, 0.15) is 32.6 Å². The molecule has 2 aliphatic rings. The predicted octanol–water partition coefficient (Wildman–Crippen LogP) is 0.00210. The van der Waals surface area contributed by atoms with Crippen molar-refractivity contribution in [3.63, 3.8) is 0 Å². The summed E-state index contributed by atoms with van der Waals surface area (Å²) in [5.41, 5.74) is 0. The summed E-state index contributed by atoms with van der Waals surface area (Å²) < 4.78 is 4.88. The Labute approximate surface area is 118 Å². The number of urea groups is 1. The second-order valence-electron chi connectivity index (χ2n) is 5.24. The topological polar surface area (TPSA) is 87.7 Å². The molecule has 0 aliphatic heterocycles. The molecular weight excluding hydrogens is 262 g/mol. The van der Waals surface area contributed by atoms with Crippen LogP contribution in [0.5, 0.6) is 0 Å². The molecule has 0 atom stereocenters. The van der Waals surface area contributed by atoms with Gasteiger partial charge in [0.2, 0.25) is 5.91 Å². The summed E-state index contributed by atoms with van der Waals surface area (Å²) in [6.07, 6.45) is 3.89. The molecule has 2 saturated carbocycles. The first-order valence-electron chi connectivity index (χ1n) is 7.08. The van der Waals surface area contributed by atoms with E-state index in [0.717, 1.165) is 25.7 Å². The maximum atomic E-state index is 11.8. The summed E-state index contributed by atoms with van der Waals surface area (Å²) in [7, 11) is 0. The minimum Gasteiger partial charge on any atom is -0.465 e. The van der Waals surface area contributed by atoms with Crippen molar-refractivity contribution < 1.29 is 19.1 Å². The second kappa shape index (κ2) is 6.69. The number of nitrogens with one attached hydrogen (secondary N) is 2. The van der Waals surface area contributed by atoms with E-state index in [4.69, 9.17) is 4.74 Å². The van der Waals surface area contributed by atoms with E-state index < -0.39 is 6.03 Å². The number of esters is 1. The minimum atomic E-state index is -0.454. The number of nitrogens with zero attached hydrogens (tertiary/aromatic N) is 1. The lowest BCUT2D eigenvalue weighted by Crippen LogP contribution is -2.46. The Kier molecular flexibility index (Phi) is 4.94. The van der Waals surface area contributed by atoms with Gasteiger partial charge in [-0.15, -0.1) is 0 Å². The third-order valence-electron chi connectivity index (χ3n) is 3.21. The van der Waals surface area contributed by atoms with Crippen molar-refractivity contribution in [2.45, 2.75) is 44.7 Å². The van der Waals surface area contributed by atoms with E-state index >= 15 is 0 Å². The van der Waals surface area contributed by atoms with Crippen molar-refractivity contribution in [3.05, 3.63) is 0 Å². The van der Waals surface area contributed by atoms with Gasteiger partial charge in [0, 0.05) is 12.1 Å². The van der Waals surface area contributed by atoms with E-state index in [9.17, 15) is 14.4 Å². The highest BCUT2D eigenvalue weighted by Crippen LogP contribution is 2.26. The first-order chi connectivity index (χ1) is 9.58. The molecule has 112 valence electrons. The maximum absolute atomic E-state index is 11.8. The molecule has 0 radical (unpaired) electrons. The van der Waals surface area contributed by atoms with E-state index in [1.165, 1.54) is 0 Å². The van der Waals surface area contributed by atoms with Crippen molar-refractivity contribution in [1.82, 2.24) is 15.5 Å². The van der Waals surface area contributed by atoms with E-state index in [1.807, 2.05) is 0 Å². The molecule has 0 aromatic heterocycles. The molecule has 0 aromatic rings. The number of rotatable bonds is 7. The molecule has 0 saturated heterocycles. The van der Waals surface area contributed by atoms with Gasteiger partial charge in [-0.1, -0.05) is 0 Å². The van der Waals surface area contributed by atoms with Crippen LogP contribution in [0.15, 0.2) is 0 Å². The van der Waals surface area contributed by atoms with Crippen LogP contribution < -0.4 is 10.6 Å². The number of hydrogen-bond donors (Lipinski definition) is 2. The molecule has 0 unspecified atom stereocenters. The Morgan fingerprint density at radius 3 is 2.40 bits per heavy atom. The Morgan fingerprint density at radius 1 is 1.15 bits per heavy atom. The third kappa shape index (κ3) is 5.16. The molecule has 0 bridgehead atoms. The van der Waals surface area contributed by atoms with Crippen LogP contribution in [0.4, 0.5) is 4.79 Å². The molecule has 7 nitrogen and oxygen atoms in total. The number of hydrogen-bond acceptors (Lipinski definition) is 5. The van der Waals surface area contributed by atoms with E-state index in [1.54, 1.807) is 11.8 Å². The molecule has 0 heterocycles. The van der Waals surface area contributed by atoms with Crippen LogP contribution in [0, 0.1) is 0 Å². The number of ether oxygens (including phenoxy) is 1. The van der Waals surface area contributed by atoms with Gasteiger partial charge in [0.1, 0.15) is 0 Å². The van der Waals surface area contributed by atoms with Crippen molar-refractivity contribution in [2.24, 2.45) is 0 Å². The summed E-state index contributed by atoms with van der Waals surface area (Å²) in [6.45, 7) is 2.21. The first-order valence-corrected chi connectivity index (χ1v) is 7.08. The zero-order valence-electron chi connectivity index (χ0n) is 11.7. The summed E-state index contributed by atoms with van der Waals surface area (Å²) in [4.78, 5) is 36.4. The monoisotopic (exact) mass is 283 g/mol. The molecule has 2 aliphatic carbocycles. The smallest absolute Gasteiger partial charge is 0.321 e. The normalized spacial score (nSPS) is 17.7. The number of amides is 3. The van der Waals surface area contributed by atoms with E-state index in [-0.39, 0.29) is 37.0 Å². The van der Waals surface area contributed by atoms with Crippen LogP contribution in [-0.4, -0.2) is 54.6 Å². The molecule has 0 spiro atoms. The fourth-order valence-electron chi connectivity index (χ4n) is 1.93. The lowest BCUT2D eigenvalue weighted by Gasteiger charge is -2.19. The standard InChI is InChI=1S/C13H21N3O4/c1-2-20-12(18)8-16(10-5-6-10)7-11(17)15-13(19)14-9-3-4-9/h9-10H,2-8H2,1H3,(H2,14,15,17,19). The summed E-state index contributed by atoms with van der Waals surface area (Å²) in [5, 5.41) is 4.97. The van der Waals surface area contributed by atoms with Crippen molar-refractivity contribution in [1.29, 1.82) is 0 Å². The number of carbonyl (C=O) groups excluding carboxylic acids is 3. The van der Waals surface area contributed by atoms with Crippen LogP contribution in [0.2, 0.25) is 0 Å². The fraction of sp³-hybridized carbons (Fsp3) is 0.769. The Balaban J connectivity index is 1.73. The number of imide groups is 1. The molecule has 2 fully saturated rings. The maximum Gasteiger partial charge on any atom is 0.321 e. The molecule has 7 heteroatoms. The molecule has 0 aromatic carbocycles. The minimum absolute atomic E-state index is 0.0432. The van der Waals surface area contributed by atoms with Crippen molar-refractivity contribution >= 4 is 17.9 Å². The Bertz CT molecular complexity index is 391. The largest absolute Gasteiger partial charge is 0.465 e. The first kappa shape index (κ1) is 14.8. The quantitative estimate of drug-likeness (QED) is 0.642. The predicted molar refractivity (Wildman–Crippen MR) is 70.9 cm³/mol. The summed E-state index contributed by atoms with van der Waals surface area (Å²) in [6, 6.07) is 0.00268. The van der Waals surface area contributed by atoms with Gasteiger partial charge >= 0.3 is 12.0 Å². The summed E-state index contributed by atoms with van der Waals surface area (Å²) >= 11 is 0. The van der Waals surface area contributed by atoms with E-state index in [2.05, 4.69) is 10.6 Å². The van der Waals surface area contributed by atoms with Gasteiger partial charge < -0.3 is 10.1 Å². The van der Waals surface area contributed by atoms with Crippen LogP contribution in [0.3, 0.4) is 0 Å². The van der Waals surface area contributed by atoms with Gasteiger partial charge in [-0.3, -0.25) is 19.8 Å². The van der Waals surface area contributed by atoms with Gasteiger partial charge in [0.15, 0.2) is 0 Å². The zero-order chi connectivity index (χ0) is 14.5. The second-order valence-corrected chi connectivity index (χ2v) is 5.24. The molecule has 2 rings (SSSR count). The Hall–Kier alpha value is -1.63. The molecular formula is C13H21N3O4. The van der Waals surface area contributed by atoms with Gasteiger partial charge in [0.25, 0.3) is 0 Å². The SMILES string of the molecule is CCOC(=O)CN(CC(=O)NC(=O)NC1CC1)C1CC1. The van der Waals surface area contributed by atoms with E-state index in [0.29, 0.717) is 6.61 Å². The summed E-state index contributed by atoms with van der Waals surface area (Å²) in [5.74, 6) is -0.728. The van der Waals surface area contributed by atoms with Gasteiger partial charge in [-0.05, 0) is 32.6 Å². The fourth-order valence-corrected chi connectivity index (χ4v) is 1.93. The molecule has 3 amide bonds. The lowest BCUT2D eigenvalue weighted by atomic mass is 10.4. The van der Waals surface area contributed by atoms with Gasteiger partial charge in [-0.2, -0.15) is 0 Å². The van der Waals surface area contributed by atoms with Crippen molar-refractivity contribution in [3.8, 4) is 0 Å². The average Bonchev–Trinajstić information content (AvgIpc) is 3.22. The van der Waals surface area contributed by atoms with Crippen LogP contribution >= 0.6 is 0 Å². The zero-order valence-corrected chi connectivity index (χ0v) is 11.7. The van der Waals surface area contributed by atoms with Gasteiger partial charge in [-0.25, -0.2) is 4.79 Å². The highest BCUT2D eigenvalue weighted by molar-refractivity contribution is 5.95. The van der Waals surface area contributed by atoms with Crippen molar-refractivity contribution in [2.75, 3.05) is 19.7 Å². The highest BCUT2D eigenvalue weighted by Gasteiger charge is 2.32. The van der Waals surface area contributed by atoms with Gasteiger partial charge in [0.05, 0.1) is 19.7 Å². The third-order valence-corrected chi connectivity index (χ3v) is 3.21. The molecule has 20 heavy (non-hydrogen) atoms. The highest BCUT2D eigenvalue weighted by atomic mass is 16.5. The average molecular weight is 283 g/mol. The van der Waals surface area contributed by atoms with Crippen LogP contribution in [0.25, 0.3) is 0 Å². The number of carbonyl (C=O) groups is 3. The Morgan fingerprint density at radius 2 is 1.85 bits per heavy atom. The molecule has 2 N–H and O–H groups in total.